The molecule has 100 valence electrons. The molecule has 1 rings (SSSR count). The molecule has 0 spiro atoms. The monoisotopic (exact) mass is 270 g/mol. The van der Waals surface area contributed by atoms with E-state index in [0.717, 1.165) is 18.6 Å². The number of unbranched alkanes of at least 4 members (excludes halogenated alkanes) is 1. The van der Waals surface area contributed by atoms with Crippen LogP contribution in [0.4, 0.5) is 15.8 Å². The van der Waals surface area contributed by atoms with Crippen LogP contribution in [-0.4, -0.2) is 16.9 Å². The molecule has 0 bridgehead atoms. The van der Waals surface area contributed by atoms with Crippen molar-refractivity contribution < 1.29 is 9.18 Å². The minimum absolute atomic E-state index is 0.0408. The van der Waals surface area contributed by atoms with Crippen molar-refractivity contribution in [3.05, 3.63) is 24.0 Å². The lowest BCUT2D eigenvalue weighted by molar-refractivity contribution is -0.115. The summed E-state index contributed by atoms with van der Waals surface area (Å²) in [6.07, 6.45) is 2.22. The Morgan fingerprint density at radius 1 is 1.56 bits per heavy atom. The summed E-state index contributed by atoms with van der Waals surface area (Å²) < 4.78 is 13.0. The molecule has 0 heterocycles. The summed E-state index contributed by atoms with van der Waals surface area (Å²) in [5.41, 5.74) is 6.01. The number of hydrogen-bond donors (Lipinski definition) is 2. The van der Waals surface area contributed by atoms with Gasteiger partial charge in [0.25, 0.3) is 0 Å². The Morgan fingerprint density at radius 3 is 2.89 bits per heavy atom. The largest absolute Gasteiger partial charge is 0.396 e. The van der Waals surface area contributed by atoms with Gasteiger partial charge in [0.05, 0.1) is 10.9 Å². The number of hydrogen-bond acceptors (Lipinski definition) is 3. The number of thioether (sulfide) groups is 1. The number of carbonyl (C=O) groups excluding carboxylic acids is 1. The van der Waals surface area contributed by atoms with E-state index >= 15 is 0 Å². The number of nitrogen functional groups attached to an aromatic ring is 1. The predicted molar refractivity (Wildman–Crippen MR) is 76.3 cm³/mol. The van der Waals surface area contributed by atoms with E-state index in [1.165, 1.54) is 18.2 Å². The minimum atomic E-state index is -0.474. The van der Waals surface area contributed by atoms with Crippen LogP contribution >= 0.6 is 11.8 Å². The van der Waals surface area contributed by atoms with E-state index < -0.39 is 5.82 Å². The molecule has 1 atom stereocenters. The predicted octanol–water partition coefficient (Wildman–Crippen LogP) is 3.27. The van der Waals surface area contributed by atoms with E-state index in [1.807, 2.05) is 6.92 Å². The lowest BCUT2D eigenvalue weighted by atomic mass is 10.2. The van der Waals surface area contributed by atoms with E-state index in [-0.39, 0.29) is 16.8 Å². The maximum Gasteiger partial charge on any atom is 0.237 e. The summed E-state index contributed by atoms with van der Waals surface area (Å²) in [6.45, 7) is 3.98. The zero-order valence-electron chi connectivity index (χ0n) is 10.7. The highest BCUT2D eigenvalue weighted by molar-refractivity contribution is 8.00. The van der Waals surface area contributed by atoms with Gasteiger partial charge in [0.2, 0.25) is 5.91 Å². The van der Waals surface area contributed by atoms with Gasteiger partial charge in [-0.2, -0.15) is 0 Å². The summed E-state index contributed by atoms with van der Waals surface area (Å²) in [7, 11) is 0. The standard InChI is InChI=1S/C13H19FN2OS/c1-3-4-7-18-9(2)13(17)16-10-5-6-11(14)12(15)8-10/h5-6,8-9H,3-4,7,15H2,1-2H3,(H,16,17). The summed E-state index contributed by atoms with van der Waals surface area (Å²) in [4.78, 5) is 11.8. The van der Waals surface area contributed by atoms with Gasteiger partial charge in [-0.25, -0.2) is 4.39 Å². The van der Waals surface area contributed by atoms with Crippen molar-refractivity contribution in [3.8, 4) is 0 Å². The fourth-order valence-electron chi connectivity index (χ4n) is 1.35. The number of amides is 1. The molecule has 0 aliphatic rings. The first-order valence-electron chi connectivity index (χ1n) is 6.02. The lowest BCUT2D eigenvalue weighted by Crippen LogP contribution is -2.22. The third-order valence-corrected chi connectivity index (χ3v) is 3.74. The summed E-state index contributed by atoms with van der Waals surface area (Å²) in [5.74, 6) is 0.414. The maximum atomic E-state index is 13.0. The smallest absolute Gasteiger partial charge is 0.237 e. The van der Waals surface area contributed by atoms with Gasteiger partial charge >= 0.3 is 0 Å². The fraction of sp³-hybridized carbons (Fsp3) is 0.462. The molecule has 0 saturated carbocycles. The van der Waals surface area contributed by atoms with E-state index in [4.69, 9.17) is 5.73 Å². The van der Waals surface area contributed by atoms with Crippen molar-refractivity contribution in [1.29, 1.82) is 0 Å². The van der Waals surface area contributed by atoms with Crippen molar-refractivity contribution >= 4 is 29.0 Å². The van der Waals surface area contributed by atoms with Crippen molar-refractivity contribution in [2.24, 2.45) is 0 Å². The van der Waals surface area contributed by atoms with Crippen LogP contribution in [0.3, 0.4) is 0 Å². The quantitative estimate of drug-likeness (QED) is 0.616. The normalized spacial score (nSPS) is 12.2. The molecule has 0 aliphatic heterocycles. The Bertz CT molecular complexity index is 412. The molecule has 0 aliphatic carbocycles. The number of anilines is 2. The molecule has 0 fully saturated rings. The third kappa shape index (κ3) is 4.56. The number of nitrogens with one attached hydrogen (secondary N) is 1. The maximum absolute atomic E-state index is 13.0. The van der Waals surface area contributed by atoms with E-state index in [0.29, 0.717) is 5.69 Å². The third-order valence-electron chi connectivity index (χ3n) is 2.50. The zero-order valence-corrected chi connectivity index (χ0v) is 11.5. The summed E-state index contributed by atoms with van der Waals surface area (Å²) >= 11 is 1.62. The fourth-order valence-corrected chi connectivity index (χ4v) is 2.36. The molecule has 18 heavy (non-hydrogen) atoms. The van der Waals surface area contributed by atoms with Gasteiger partial charge in [-0.15, -0.1) is 11.8 Å². The average Bonchev–Trinajstić information content (AvgIpc) is 2.34. The van der Waals surface area contributed by atoms with Crippen molar-refractivity contribution in [2.45, 2.75) is 31.9 Å². The van der Waals surface area contributed by atoms with Crippen LogP contribution < -0.4 is 11.1 Å². The van der Waals surface area contributed by atoms with Gasteiger partial charge in [-0.05, 0) is 37.3 Å². The molecule has 0 aromatic heterocycles. The molecule has 0 radical (unpaired) electrons. The molecule has 3 N–H and O–H groups in total. The Balaban J connectivity index is 2.50. The number of nitrogens with two attached hydrogens (primary N) is 1. The van der Waals surface area contributed by atoms with Gasteiger partial charge in [0.1, 0.15) is 5.82 Å². The van der Waals surface area contributed by atoms with Crippen LogP contribution in [0.2, 0.25) is 0 Å². The van der Waals surface area contributed by atoms with E-state index in [2.05, 4.69) is 12.2 Å². The number of halogens is 1. The lowest BCUT2D eigenvalue weighted by Gasteiger charge is -2.12. The Kier molecular flexibility index (Phi) is 5.98. The number of carbonyl (C=O) groups is 1. The molecule has 0 saturated heterocycles. The first-order chi connectivity index (χ1) is 8.54. The first kappa shape index (κ1) is 14.8. The van der Waals surface area contributed by atoms with Crippen molar-refractivity contribution in [2.75, 3.05) is 16.8 Å². The van der Waals surface area contributed by atoms with Crippen LogP contribution in [0, 0.1) is 5.82 Å². The Hall–Kier alpha value is -1.23. The molecule has 1 aromatic rings. The number of rotatable bonds is 6. The van der Waals surface area contributed by atoms with Crippen LogP contribution in [0.15, 0.2) is 18.2 Å². The highest BCUT2D eigenvalue weighted by atomic mass is 32.2. The van der Waals surface area contributed by atoms with Gasteiger partial charge < -0.3 is 11.1 Å². The second kappa shape index (κ2) is 7.26. The molecular formula is C13H19FN2OS. The molecular weight excluding hydrogens is 251 g/mol. The Morgan fingerprint density at radius 2 is 2.28 bits per heavy atom. The SMILES string of the molecule is CCCCSC(C)C(=O)Nc1ccc(F)c(N)c1. The van der Waals surface area contributed by atoms with Crippen molar-refractivity contribution in [1.82, 2.24) is 0 Å². The molecule has 1 unspecified atom stereocenters. The van der Waals surface area contributed by atoms with Gasteiger partial charge in [0.15, 0.2) is 0 Å². The minimum Gasteiger partial charge on any atom is -0.396 e. The highest BCUT2D eigenvalue weighted by Crippen LogP contribution is 2.19. The van der Waals surface area contributed by atoms with Gasteiger partial charge in [-0.1, -0.05) is 13.3 Å². The van der Waals surface area contributed by atoms with Crippen molar-refractivity contribution in [3.63, 3.8) is 0 Å². The van der Waals surface area contributed by atoms with Gasteiger partial charge in [-0.3, -0.25) is 4.79 Å². The van der Waals surface area contributed by atoms with E-state index in [1.54, 1.807) is 11.8 Å². The van der Waals surface area contributed by atoms with Gasteiger partial charge in [0, 0.05) is 5.69 Å². The highest BCUT2D eigenvalue weighted by Gasteiger charge is 2.13. The van der Waals surface area contributed by atoms with Crippen LogP contribution in [0.5, 0.6) is 0 Å². The average molecular weight is 270 g/mol. The Labute approximate surface area is 111 Å². The second-order valence-corrected chi connectivity index (χ2v) is 5.54. The topological polar surface area (TPSA) is 55.1 Å². The summed E-state index contributed by atoms with van der Waals surface area (Å²) in [5, 5.41) is 2.61. The molecule has 1 aromatic carbocycles. The molecule has 5 heteroatoms. The van der Waals surface area contributed by atoms with E-state index in [9.17, 15) is 9.18 Å². The van der Waals surface area contributed by atoms with Crippen LogP contribution in [0.25, 0.3) is 0 Å². The first-order valence-corrected chi connectivity index (χ1v) is 7.07. The molecule has 3 nitrogen and oxygen atoms in total. The second-order valence-electron chi connectivity index (χ2n) is 4.09. The zero-order chi connectivity index (χ0) is 13.5. The summed E-state index contributed by atoms with van der Waals surface area (Å²) in [6, 6.07) is 4.18. The van der Waals surface area contributed by atoms with Crippen LogP contribution in [-0.2, 0) is 4.79 Å². The molecule has 1 amide bonds. The van der Waals surface area contributed by atoms with Crippen LogP contribution in [0.1, 0.15) is 26.7 Å². The number of benzene rings is 1.